The van der Waals surface area contributed by atoms with E-state index in [2.05, 4.69) is 17.0 Å². The van der Waals surface area contributed by atoms with Crippen molar-refractivity contribution < 1.29 is 14.3 Å². The smallest absolute Gasteiger partial charge is 0.254 e. The Kier molecular flexibility index (Phi) is 5.14. The molecule has 0 aliphatic carbocycles. The molecule has 2 aliphatic heterocycles. The third-order valence-electron chi connectivity index (χ3n) is 5.24. The average Bonchev–Trinajstić information content (AvgIpc) is 3.15. The highest BCUT2D eigenvalue weighted by atomic mass is 16.5. The molecule has 2 aromatic rings. The van der Waals surface area contributed by atoms with Crippen LogP contribution in [0.25, 0.3) is 0 Å². The number of hydrogen-bond acceptors (Lipinski definition) is 4. The number of amides is 1. The minimum absolute atomic E-state index is 0.0575. The first kappa shape index (κ1) is 18.0. The summed E-state index contributed by atoms with van der Waals surface area (Å²) in [5.74, 6) is 0.962. The van der Waals surface area contributed by atoms with Crippen LogP contribution in [0.3, 0.4) is 0 Å². The van der Waals surface area contributed by atoms with E-state index in [0.717, 1.165) is 35.4 Å². The van der Waals surface area contributed by atoms with Gasteiger partial charge < -0.3 is 19.3 Å². The van der Waals surface area contributed by atoms with Gasteiger partial charge in [-0.25, -0.2) is 0 Å². The molecule has 5 nitrogen and oxygen atoms in total. The lowest BCUT2D eigenvalue weighted by Gasteiger charge is -2.42. The molecule has 0 spiro atoms. The first-order valence-electron chi connectivity index (χ1n) is 9.51. The van der Waals surface area contributed by atoms with Crippen LogP contribution in [0.1, 0.15) is 27.5 Å². The molecule has 2 atom stereocenters. The molecule has 27 heavy (non-hydrogen) atoms. The molecule has 142 valence electrons. The SMILES string of the molecule is CN(C)C[C@@H]1OCCN(C(=O)c2ccc3c(c2)CCO3)[C@H]1c1ccccc1. The highest BCUT2D eigenvalue weighted by Gasteiger charge is 2.37. The molecule has 2 aromatic carbocycles. The average molecular weight is 366 g/mol. The van der Waals surface area contributed by atoms with Crippen LogP contribution in [0.15, 0.2) is 48.5 Å². The minimum Gasteiger partial charge on any atom is -0.493 e. The largest absolute Gasteiger partial charge is 0.493 e. The van der Waals surface area contributed by atoms with Crippen molar-refractivity contribution in [3.8, 4) is 5.75 Å². The van der Waals surface area contributed by atoms with Crippen LogP contribution in [0.5, 0.6) is 5.75 Å². The molecular formula is C22H26N2O3. The highest BCUT2D eigenvalue weighted by Crippen LogP contribution is 2.33. The number of likely N-dealkylation sites (N-methyl/N-ethyl adjacent to an activating group) is 1. The number of hydrogen-bond donors (Lipinski definition) is 0. The maximum atomic E-state index is 13.4. The topological polar surface area (TPSA) is 42.0 Å². The molecule has 0 saturated carbocycles. The number of carbonyl (C=O) groups is 1. The molecule has 2 heterocycles. The van der Waals surface area contributed by atoms with E-state index in [1.807, 2.05) is 55.4 Å². The lowest BCUT2D eigenvalue weighted by molar-refractivity contribution is -0.0684. The van der Waals surface area contributed by atoms with Gasteiger partial charge in [-0.2, -0.15) is 0 Å². The molecule has 1 saturated heterocycles. The number of carbonyl (C=O) groups excluding carboxylic acids is 1. The normalized spacial score (nSPS) is 21.8. The van der Waals surface area contributed by atoms with Crippen LogP contribution in [0.4, 0.5) is 0 Å². The Morgan fingerprint density at radius 2 is 1.96 bits per heavy atom. The van der Waals surface area contributed by atoms with Crippen molar-refractivity contribution in [2.45, 2.75) is 18.6 Å². The fourth-order valence-electron chi connectivity index (χ4n) is 4.00. The Hall–Kier alpha value is -2.37. The molecule has 2 aliphatic rings. The number of nitrogens with zero attached hydrogens (tertiary/aromatic N) is 2. The van der Waals surface area contributed by atoms with E-state index in [4.69, 9.17) is 9.47 Å². The van der Waals surface area contributed by atoms with Crippen LogP contribution in [0.2, 0.25) is 0 Å². The van der Waals surface area contributed by atoms with Gasteiger partial charge in [0.15, 0.2) is 0 Å². The minimum atomic E-state index is -0.0978. The van der Waals surface area contributed by atoms with Gasteiger partial charge in [0.1, 0.15) is 5.75 Å². The van der Waals surface area contributed by atoms with Gasteiger partial charge in [0.2, 0.25) is 0 Å². The van der Waals surface area contributed by atoms with Crippen molar-refractivity contribution in [3.63, 3.8) is 0 Å². The van der Waals surface area contributed by atoms with E-state index in [9.17, 15) is 4.79 Å². The van der Waals surface area contributed by atoms with Crippen molar-refractivity contribution in [2.75, 3.05) is 40.4 Å². The summed E-state index contributed by atoms with van der Waals surface area (Å²) in [6.07, 6.45) is 0.808. The fourth-order valence-corrected chi connectivity index (χ4v) is 4.00. The maximum absolute atomic E-state index is 13.4. The summed E-state index contributed by atoms with van der Waals surface area (Å²) in [6, 6.07) is 15.9. The molecule has 0 aromatic heterocycles. The summed E-state index contributed by atoms with van der Waals surface area (Å²) >= 11 is 0. The van der Waals surface area contributed by atoms with Gasteiger partial charge in [-0.15, -0.1) is 0 Å². The van der Waals surface area contributed by atoms with Gasteiger partial charge in [-0.3, -0.25) is 4.79 Å². The summed E-state index contributed by atoms with van der Waals surface area (Å²) in [4.78, 5) is 17.5. The third-order valence-corrected chi connectivity index (χ3v) is 5.24. The standard InChI is InChI=1S/C22H26N2O3/c1-23(2)15-20-21(16-6-4-3-5-7-16)24(11-13-27-20)22(25)18-8-9-19-17(14-18)10-12-26-19/h3-9,14,20-21H,10-13,15H2,1-2H3/t20-,21-/m0/s1. The Balaban J connectivity index is 1.67. The first-order chi connectivity index (χ1) is 13.1. The zero-order valence-electron chi connectivity index (χ0n) is 15.9. The van der Waals surface area contributed by atoms with Crippen molar-refractivity contribution >= 4 is 5.91 Å². The molecule has 0 unspecified atom stereocenters. The summed E-state index contributed by atoms with van der Waals surface area (Å²) in [5, 5.41) is 0. The number of benzene rings is 2. The zero-order valence-corrected chi connectivity index (χ0v) is 15.9. The van der Waals surface area contributed by atoms with E-state index in [1.54, 1.807) is 0 Å². The highest BCUT2D eigenvalue weighted by molar-refractivity contribution is 5.95. The van der Waals surface area contributed by atoms with Crippen LogP contribution >= 0.6 is 0 Å². The second-order valence-electron chi connectivity index (χ2n) is 7.45. The number of fused-ring (bicyclic) bond motifs is 1. The van der Waals surface area contributed by atoms with Crippen molar-refractivity contribution in [3.05, 3.63) is 65.2 Å². The lowest BCUT2D eigenvalue weighted by atomic mass is 9.96. The van der Waals surface area contributed by atoms with Gasteiger partial charge in [-0.05, 0) is 43.4 Å². The maximum Gasteiger partial charge on any atom is 0.254 e. The van der Waals surface area contributed by atoms with Gasteiger partial charge in [0, 0.05) is 25.1 Å². The number of ether oxygens (including phenoxy) is 2. The Labute approximate surface area is 160 Å². The van der Waals surface area contributed by atoms with Gasteiger partial charge in [0.25, 0.3) is 5.91 Å². The molecule has 1 amide bonds. The Morgan fingerprint density at radius 1 is 1.15 bits per heavy atom. The number of morpholine rings is 1. The monoisotopic (exact) mass is 366 g/mol. The van der Waals surface area contributed by atoms with Crippen LogP contribution in [-0.4, -0.2) is 62.2 Å². The second-order valence-corrected chi connectivity index (χ2v) is 7.45. The molecule has 1 fully saturated rings. The second kappa shape index (κ2) is 7.71. The summed E-state index contributed by atoms with van der Waals surface area (Å²) < 4.78 is 11.7. The van der Waals surface area contributed by atoms with Gasteiger partial charge in [0.05, 0.1) is 25.4 Å². The fraction of sp³-hybridized carbons (Fsp3) is 0.409. The van der Waals surface area contributed by atoms with E-state index in [0.29, 0.717) is 19.8 Å². The van der Waals surface area contributed by atoms with Crippen LogP contribution in [-0.2, 0) is 11.2 Å². The molecular weight excluding hydrogens is 340 g/mol. The Morgan fingerprint density at radius 3 is 2.74 bits per heavy atom. The summed E-state index contributed by atoms with van der Waals surface area (Å²) in [6.45, 7) is 2.61. The van der Waals surface area contributed by atoms with Crippen molar-refractivity contribution in [2.24, 2.45) is 0 Å². The molecule has 0 N–H and O–H groups in total. The predicted molar refractivity (Wildman–Crippen MR) is 104 cm³/mol. The molecule has 4 rings (SSSR count). The first-order valence-corrected chi connectivity index (χ1v) is 9.51. The van der Waals surface area contributed by atoms with Gasteiger partial charge >= 0.3 is 0 Å². The van der Waals surface area contributed by atoms with Crippen LogP contribution in [0, 0.1) is 0 Å². The lowest BCUT2D eigenvalue weighted by Crippen LogP contribution is -2.51. The summed E-state index contributed by atoms with van der Waals surface area (Å²) in [5.41, 5.74) is 2.96. The zero-order chi connectivity index (χ0) is 18.8. The molecule has 0 bridgehead atoms. The molecule has 0 radical (unpaired) electrons. The van der Waals surface area contributed by atoms with Crippen LogP contribution < -0.4 is 4.74 Å². The Bertz CT molecular complexity index is 806. The predicted octanol–water partition coefficient (Wildman–Crippen LogP) is 2.77. The van der Waals surface area contributed by atoms with Gasteiger partial charge in [-0.1, -0.05) is 30.3 Å². The van der Waals surface area contributed by atoms with E-state index in [1.165, 1.54) is 0 Å². The van der Waals surface area contributed by atoms with E-state index in [-0.39, 0.29) is 18.1 Å². The van der Waals surface area contributed by atoms with Crippen molar-refractivity contribution in [1.29, 1.82) is 0 Å². The quantitative estimate of drug-likeness (QED) is 0.834. The van der Waals surface area contributed by atoms with E-state index >= 15 is 0 Å². The number of rotatable bonds is 4. The third kappa shape index (κ3) is 3.70. The van der Waals surface area contributed by atoms with E-state index < -0.39 is 0 Å². The molecule has 5 heteroatoms. The van der Waals surface area contributed by atoms with Crippen molar-refractivity contribution in [1.82, 2.24) is 9.80 Å². The summed E-state index contributed by atoms with van der Waals surface area (Å²) in [7, 11) is 4.07.